The van der Waals surface area contributed by atoms with Gasteiger partial charge in [-0.05, 0) is 77.9 Å². The van der Waals surface area contributed by atoms with Crippen LogP contribution in [0.4, 0.5) is 0 Å². The predicted octanol–water partition coefficient (Wildman–Crippen LogP) is 15.1. The fraction of sp³-hybridized carbons (Fsp3) is 0. The molecule has 0 spiro atoms. The maximum atomic E-state index is 5.01. The lowest BCUT2D eigenvalue weighted by atomic mass is 10.0. The summed E-state index contributed by atoms with van der Waals surface area (Å²) in [6.07, 6.45) is 0. The summed E-state index contributed by atoms with van der Waals surface area (Å²) >= 11 is 1.87. The van der Waals surface area contributed by atoms with Crippen molar-refractivity contribution in [2.24, 2.45) is 0 Å². The number of benzene rings is 9. The molecule has 0 amide bonds. The van der Waals surface area contributed by atoms with Gasteiger partial charge < -0.3 is 9.13 Å². The minimum absolute atomic E-state index is 0.634. The Morgan fingerprint density at radius 3 is 1.46 bits per heavy atom. The summed E-state index contributed by atoms with van der Waals surface area (Å²) in [5, 5.41) is 7.57. The lowest BCUT2D eigenvalue weighted by Crippen LogP contribution is -2.00. The Morgan fingerprint density at radius 1 is 0.270 bits per heavy atom. The van der Waals surface area contributed by atoms with Crippen LogP contribution >= 0.6 is 11.3 Å². The highest BCUT2D eigenvalue weighted by molar-refractivity contribution is 7.25. The summed E-state index contributed by atoms with van der Waals surface area (Å²) in [7, 11) is 0. The van der Waals surface area contributed by atoms with Gasteiger partial charge in [-0.15, -0.1) is 11.3 Å². The van der Waals surface area contributed by atoms with E-state index in [1.54, 1.807) is 0 Å². The van der Waals surface area contributed by atoms with E-state index in [4.69, 9.17) is 15.0 Å². The number of fused-ring (bicyclic) bond motifs is 9. The summed E-state index contributed by atoms with van der Waals surface area (Å²) in [6.45, 7) is 0. The first-order valence-electron chi connectivity index (χ1n) is 21.2. The number of rotatable bonds is 6. The molecule has 0 fully saturated rings. The van der Waals surface area contributed by atoms with Gasteiger partial charge in [0.15, 0.2) is 17.5 Å². The molecule has 0 saturated carbocycles. The third-order valence-electron chi connectivity index (χ3n) is 12.3. The van der Waals surface area contributed by atoms with Gasteiger partial charge in [-0.2, -0.15) is 0 Å². The zero-order valence-corrected chi connectivity index (χ0v) is 34.7. The van der Waals surface area contributed by atoms with Gasteiger partial charge >= 0.3 is 0 Å². The smallest absolute Gasteiger partial charge is 0.164 e. The third kappa shape index (κ3) is 5.80. The molecular weight excluding hydrogens is 787 g/mol. The van der Waals surface area contributed by atoms with Crippen molar-refractivity contribution in [3.05, 3.63) is 212 Å². The van der Waals surface area contributed by atoms with Crippen molar-refractivity contribution in [3.8, 4) is 56.7 Å². The molecule has 9 aromatic carbocycles. The van der Waals surface area contributed by atoms with Gasteiger partial charge in [-0.1, -0.05) is 146 Å². The highest BCUT2D eigenvalue weighted by Gasteiger charge is 2.19. The van der Waals surface area contributed by atoms with Crippen molar-refractivity contribution in [2.75, 3.05) is 0 Å². The fourth-order valence-corrected chi connectivity index (χ4v) is 10.6. The van der Waals surface area contributed by atoms with Gasteiger partial charge in [0.25, 0.3) is 0 Å². The van der Waals surface area contributed by atoms with Crippen LogP contribution in [0.25, 0.3) is 120 Å². The average molecular weight is 822 g/mol. The highest BCUT2D eigenvalue weighted by atomic mass is 32.1. The Balaban J connectivity index is 0.939. The van der Waals surface area contributed by atoms with Crippen molar-refractivity contribution in [1.82, 2.24) is 24.1 Å². The van der Waals surface area contributed by atoms with E-state index in [1.807, 2.05) is 72.0 Å². The zero-order valence-electron chi connectivity index (χ0n) is 33.9. The predicted molar refractivity (Wildman–Crippen MR) is 263 cm³/mol. The van der Waals surface area contributed by atoms with E-state index >= 15 is 0 Å². The largest absolute Gasteiger partial charge is 0.309 e. The standard InChI is InChI=1S/C57H35N5S/c1-3-15-36(16-4-1)55-58-56(37-17-5-2-6-18-37)60-57(59-55)40-21-13-19-38(31-40)39-20-14-22-41(32-39)61-49-26-10-7-23-43(49)46-33-42(29-30-51(46)61)62-50-27-11-8-24-44(50)47-35-54-48(34-52(47)62)45-25-9-12-28-53(45)63-54/h1-35H. The van der Waals surface area contributed by atoms with E-state index in [2.05, 4.69) is 161 Å². The molecule has 0 aliphatic rings. The average Bonchev–Trinajstić information content (AvgIpc) is 4.00. The molecule has 6 heteroatoms. The van der Waals surface area contributed by atoms with Crippen molar-refractivity contribution >= 4 is 75.1 Å². The molecular formula is C57H35N5S. The van der Waals surface area contributed by atoms with Crippen molar-refractivity contribution in [3.63, 3.8) is 0 Å². The topological polar surface area (TPSA) is 48.5 Å². The van der Waals surface area contributed by atoms with Crippen LogP contribution in [0.2, 0.25) is 0 Å². The lowest BCUT2D eigenvalue weighted by molar-refractivity contribution is 1.07. The summed E-state index contributed by atoms with van der Waals surface area (Å²) in [4.78, 5) is 14.9. The normalized spacial score (nSPS) is 11.8. The van der Waals surface area contributed by atoms with Crippen LogP contribution in [-0.2, 0) is 0 Å². The molecule has 0 aliphatic heterocycles. The number of hydrogen-bond acceptors (Lipinski definition) is 4. The van der Waals surface area contributed by atoms with Crippen LogP contribution < -0.4 is 0 Å². The van der Waals surface area contributed by atoms with E-state index in [0.29, 0.717) is 17.5 Å². The van der Waals surface area contributed by atoms with Crippen LogP contribution in [0.5, 0.6) is 0 Å². The van der Waals surface area contributed by atoms with E-state index in [0.717, 1.165) is 50.2 Å². The summed E-state index contributed by atoms with van der Waals surface area (Å²) in [6, 6.07) is 75.7. The van der Waals surface area contributed by atoms with Crippen LogP contribution in [0, 0.1) is 0 Å². The molecule has 4 aromatic heterocycles. The van der Waals surface area contributed by atoms with Crippen LogP contribution in [0.1, 0.15) is 0 Å². The molecule has 294 valence electrons. The van der Waals surface area contributed by atoms with E-state index in [9.17, 15) is 0 Å². The summed E-state index contributed by atoms with van der Waals surface area (Å²) < 4.78 is 7.49. The Kier molecular flexibility index (Phi) is 8.01. The Morgan fingerprint density at radius 2 is 0.762 bits per heavy atom. The van der Waals surface area contributed by atoms with Gasteiger partial charge in [-0.25, -0.2) is 15.0 Å². The SMILES string of the molecule is c1ccc(-c2nc(-c3ccccc3)nc(-c3cccc(-c4cccc(-n5c6ccccc6c6cc(-n7c8ccccc8c8cc9sc%10ccccc%10c9cc87)ccc65)c4)c3)n2)cc1. The first kappa shape index (κ1) is 35.6. The van der Waals surface area contributed by atoms with Gasteiger partial charge in [0.05, 0.1) is 22.1 Å². The molecule has 0 saturated heterocycles. The molecule has 63 heavy (non-hydrogen) atoms. The molecule has 0 unspecified atom stereocenters. The second-order valence-electron chi connectivity index (χ2n) is 16.0. The molecule has 0 bridgehead atoms. The second kappa shape index (κ2) is 14.2. The number of aromatic nitrogens is 5. The van der Waals surface area contributed by atoms with Gasteiger partial charge in [-0.3, -0.25) is 0 Å². The molecule has 5 nitrogen and oxygen atoms in total. The van der Waals surface area contributed by atoms with Crippen molar-refractivity contribution in [2.45, 2.75) is 0 Å². The molecule has 0 aliphatic carbocycles. The third-order valence-corrected chi connectivity index (χ3v) is 13.5. The van der Waals surface area contributed by atoms with Gasteiger partial charge in [0, 0.05) is 69.8 Å². The number of hydrogen-bond donors (Lipinski definition) is 0. The maximum Gasteiger partial charge on any atom is 0.164 e. The van der Waals surface area contributed by atoms with Crippen molar-refractivity contribution in [1.29, 1.82) is 0 Å². The lowest BCUT2D eigenvalue weighted by Gasteiger charge is -2.12. The minimum Gasteiger partial charge on any atom is -0.309 e. The fourth-order valence-electron chi connectivity index (χ4n) is 9.44. The first-order chi connectivity index (χ1) is 31.2. The van der Waals surface area contributed by atoms with Crippen LogP contribution in [0.15, 0.2) is 212 Å². The molecule has 0 radical (unpaired) electrons. The quantitative estimate of drug-likeness (QED) is 0.168. The number of para-hydroxylation sites is 2. The van der Waals surface area contributed by atoms with Crippen LogP contribution in [-0.4, -0.2) is 24.1 Å². The monoisotopic (exact) mass is 821 g/mol. The second-order valence-corrected chi connectivity index (χ2v) is 17.1. The zero-order chi connectivity index (χ0) is 41.4. The summed E-state index contributed by atoms with van der Waals surface area (Å²) in [5.41, 5.74) is 12.0. The van der Waals surface area contributed by atoms with E-state index in [-0.39, 0.29) is 0 Å². The minimum atomic E-state index is 0.634. The van der Waals surface area contributed by atoms with Crippen molar-refractivity contribution < 1.29 is 0 Å². The Labute approximate surface area is 366 Å². The summed E-state index contributed by atoms with van der Waals surface area (Å²) in [5.74, 6) is 1.93. The molecule has 0 atom stereocenters. The number of thiophene rings is 1. The highest BCUT2D eigenvalue weighted by Crippen LogP contribution is 2.42. The van der Waals surface area contributed by atoms with Gasteiger partial charge in [0.2, 0.25) is 0 Å². The molecule has 0 N–H and O–H groups in total. The Bertz CT molecular complexity index is 3860. The van der Waals surface area contributed by atoms with E-state index in [1.165, 1.54) is 52.8 Å². The van der Waals surface area contributed by atoms with E-state index < -0.39 is 0 Å². The van der Waals surface area contributed by atoms with Gasteiger partial charge in [0.1, 0.15) is 0 Å². The van der Waals surface area contributed by atoms with Crippen LogP contribution in [0.3, 0.4) is 0 Å². The molecule has 4 heterocycles. The first-order valence-corrected chi connectivity index (χ1v) is 22.0. The Hall–Kier alpha value is -8.19. The maximum absolute atomic E-state index is 5.01. The number of nitrogens with zero attached hydrogens (tertiary/aromatic N) is 5. The molecule has 13 rings (SSSR count). The molecule has 13 aromatic rings.